The fourth-order valence-electron chi connectivity index (χ4n) is 2.27. The Labute approximate surface area is 88.1 Å². The van der Waals surface area contributed by atoms with Crippen molar-refractivity contribution < 1.29 is 5.11 Å². The van der Waals surface area contributed by atoms with Crippen LogP contribution in [0.25, 0.3) is 0 Å². The van der Waals surface area contributed by atoms with Crippen LogP contribution in [-0.4, -0.2) is 23.8 Å². The molecule has 0 radical (unpaired) electrons. The van der Waals surface area contributed by atoms with E-state index in [4.69, 9.17) is 5.11 Å². The Morgan fingerprint density at radius 3 is 2.43 bits per heavy atom. The maximum atomic E-state index is 8.96. The zero-order valence-corrected chi connectivity index (χ0v) is 9.47. The third-order valence-corrected chi connectivity index (χ3v) is 3.21. The van der Waals surface area contributed by atoms with Crippen LogP contribution >= 0.6 is 0 Å². The standard InChI is InChI=1S/C12H25NO/c1-2-3-4-5-6-7-11-8-9-12(10-14)13-11/h11-14H,2-10H2,1H3/t11?,12-/m0/s1. The van der Waals surface area contributed by atoms with Gasteiger partial charge in [0, 0.05) is 12.1 Å². The molecule has 2 atom stereocenters. The molecule has 84 valence electrons. The normalized spacial score (nSPS) is 27.0. The minimum Gasteiger partial charge on any atom is -0.395 e. The van der Waals surface area contributed by atoms with E-state index in [0.717, 1.165) is 6.42 Å². The van der Waals surface area contributed by atoms with Crippen LogP contribution in [0.5, 0.6) is 0 Å². The zero-order valence-electron chi connectivity index (χ0n) is 9.47. The first-order chi connectivity index (χ1) is 6.86. The third kappa shape index (κ3) is 4.43. The molecule has 0 saturated carbocycles. The van der Waals surface area contributed by atoms with E-state index in [1.807, 2.05) is 0 Å². The topological polar surface area (TPSA) is 32.3 Å². The Morgan fingerprint density at radius 2 is 1.79 bits per heavy atom. The number of hydrogen-bond donors (Lipinski definition) is 2. The van der Waals surface area contributed by atoms with Gasteiger partial charge < -0.3 is 10.4 Å². The largest absolute Gasteiger partial charge is 0.395 e. The van der Waals surface area contributed by atoms with E-state index in [9.17, 15) is 0 Å². The van der Waals surface area contributed by atoms with Crippen LogP contribution in [0.3, 0.4) is 0 Å². The second kappa shape index (κ2) is 7.24. The Hall–Kier alpha value is -0.0800. The highest BCUT2D eigenvalue weighted by Crippen LogP contribution is 2.17. The van der Waals surface area contributed by atoms with Gasteiger partial charge in [0.2, 0.25) is 0 Å². The lowest BCUT2D eigenvalue weighted by Gasteiger charge is -2.12. The first-order valence-electron chi connectivity index (χ1n) is 6.23. The number of aliphatic hydroxyl groups excluding tert-OH is 1. The average Bonchev–Trinajstić information content (AvgIpc) is 2.65. The molecule has 0 aromatic rings. The molecule has 1 aliphatic rings. The SMILES string of the molecule is CCCCCCCC1CC[C@@H](CO)N1. The second-order valence-electron chi connectivity index (χ2n) is 4.52. The van der Waals surface area contributed by atoms with Gasteiger partial charge >= 0.3 is 0 Å². The van der Waals surface area contributed by atoms with Crippen molar-refractivity contribution in [3.63, 3.8) is 0 Å². The van der Waals surface area contributed by atoms with Crippen molar-refractivity contribution in [2.45, 2.75) is 70.4 Å². The molecule has 1 fully saturated rings. The molecule has 0 bridgehead atoms. The highest BCUT2D eigenvalue weighted by atomic mass is 16.3. The van der Waals surface area contributed by atoms with E-state index < -0.39 is 0 Å². The summed E-state index contributed by atoms with van der Waals surface area (Å²) in [5, 5.41) is 12.4. The quantitative estimate of drug-likeness (QED) is 0.617. The maximum absolute atomic E-state index is 8.96. The summed E-state index contributed by atoms with van der Waals surface area (Å²) in [4.78, 5) is 0. The predicted molar refractivity (Wildman–Crippen MR) is 60.4 cm³/mol. The smallest absolute Gasteiger partial charge is 0.0584 e. The summed E-state index contributed by atoms with van der Waals surface area (Å²) in [6, 6.07) is 1.07. The number of unbranched alkanes of at least 4 members (excludes halogenated alkanes) is 4. The van der Waals surface area contributed by atoms with Gasteiger partial charge in [-0.25, -0.2) is 0 Å². The average molecular weight is 199 g/mol. The molecular weight excluding hydrogens is 174 g/mol. The van der Waals surface area contributed by atoms with Gasteiger partial charge in [0.05, 0.1) is 6.61 Å². The fraction of sp³-hybridized carbons (Fsp3) is 1.00. The fourth-order valence-corrected chi connectivity index (χ4v) is 2.27. The van der Waals surface area contributed by atoms with E-state index in [0.29, 0.717) is 18.7 Å². The summed E-state index contributed by atoms with van der Waals surface area (Å²) in [5.74, 6) is 0. The first-order valence-corrected chi connectivity index (χ1v) is 6.23. The van der Waals surface area contributed by atoms with Crippen LogP contribution in [0.2, 0.25) is 0 Å². The number of hydrogen-bond acceptors (Lipinski definition) is 2. The molecular formula is C12H25NO. The second-order valence-corrected chi connectivity index (χ2v) is 4.52. The summed E-state index contributed by atoms with van der Waals surface area (Å²) in [6.07, 6.45) is 10.6. The van der Waals surface area contributed by atoms with Crippen molar-refractivity contribution in [2.75, 3.05) is 6.61 Å². The van der Waals surface area contributed by atoms with Crippen molar-refractivity contribution in [3.05, 3.63) is 0 Å². The van der Waals surface area contributed by atoms with Gasteiger partial charge in [0.1, 0.15) is 0 Å². The van der Waals surface area contributed by atoms with E-state index in [2.05, 4.69) is 12.2 Å². The zero-order chi connectivity index (χ0) is 10.2. The van der Waals surface area contributed by atoms with Gasteiger partial charge in [0.15, 0.2) is 0 Å². The summed E-state index contributed by atoms with van der Waals surface area (Å²) >= 11 is 0. The van der Waals surface area contributed by atoms with Gasteiger partial charge in [-0.3, -0.25) is 0 Å². The summed E-state index contributed by atoms with van der Waals surface area (Å²) in [7, 11) is 0. The predicted octanol–water partition coefficient (Wildman–Crippen LogP) is 2.46. The molecule has 2 heteroatoms. The van der Waals surface area contributed by atoms with Gasteiger partial charge in [-0.15, -0.1) is 0 Å². The van der Waals surface area contributed by atoms with Crippen molar-refractivity contribution in [1.29, 1.82) is 0 Å². The van der Waals surface area contributed by atoms with Crippen molar-refractivity contribution in [2.24, 2.45) is 0 Å². The summed E-state index contributed by atoms with van der Waals surface area (Å²) < 4.78 is 0. The molecule has 2 nitrogen and oxygen atoms in total. The molecule has 0 aliphatic carbocycles. The Bertz CT molecular complexity index is 138. The van der Waals surface area contributed by atoms with Crippen LogP contribution in [0.1, 0.15) is 58.3 Å². The van der Waals surface area contributed by atoms with Crippen molar-refractivity contribution in [3.8, 4) is 0 Å². The molecule has 14 heavy (non-hydrogen) atoms. The van der Waals surface area contributed by atoms with Crippen LogP contribution in [0.4, 0.5) is 0 Å². The number of rotatable bonds is 7. The lowest BCUT2D eigenvalue weighted by Crippen LogP contribution is -2.31. The van der Waals surface area contributed by atoms with E-state index >= 15 is 0 Å². The van der Waals surface area contributed by atoms with Gasteiger partial charge in [-0.2, -0.15) is 0 Å². The molecule has 1 saturated heterocycles. The molecule has 1 aliphatic heterocycles. The first kappa shape index (κ1) is 12.0. The van der Waals surface area contributed by atoms with E-state index in [-0.39, 0.29) is 0 Å². The summed E-state index contributed by atoms with van der Waals surface area (Å²) in [5.41, 5.74) is 0. The minimum absolute atomic E-state index is 0.312. The summed E-state index contributed by atoms with van der Waals surface area (Å²) in [6.45, 7) is 2.57. The lowest BCUT2D eigenvalue weighted by molar-refractivity contribution is 0.250. The Kier molecular flexibility index (Phi) is 6.20. The highest BCUT2D eigenvalue weighted by molar-refractivity contribution is 4.82. The molecule has 0 amide bonds. The van der Waals surface area contributed by atoms with Crippen LogP contribution < -0.4 is 5.32 Å². The van der Waals surface area contributed by atoms with Gasteiger partial charge in [-0.1, -0.05) is 39.0 Å². The lowest BCUT2D eigenvalue weighted by atomic mass is 10.1. The molecule has 1 heterocycles. The molecule has 2 N–H and O–H groups in total. The molecule has 1 rings (SSSR count). The molecule has 0 spiro atoms. The van der Waals surface area contributed by atoms with Crippen molar-refractivity contribution in [1.82, 2.24) is 5.32 Å². The number of nitrogens with one attached hydrogen (secondary N) is 1. The van der Waals surface area contributed by atoms with Crippen LogP contribution in [-0.2, 0) is 0 Å². The maximum Gasteiger partial charge on any atom is 0.0584 e. The van der Waals surface area contributed by atoms with Crippen LogP contribution in [0, 0.1) is 0 Å². The minimum atomic E-state index is 0.312. The third-order valence-electron chi connectivity index (χ3n) is 3.21. The Balaban J connectivity index is 1.92. The monoisotopic (exact) mass is 199 g/mol. The molecule has 0 aromatic carbocycles. The van der Waals surface area contributed by atoms with E-state index in [1.54, 1.807) is 0 Å². The highest BCUT2D eigenvalue weighted by Gasteiger charge is 2.21. The number of aliphatic hydroxyl groups is 1. The van der Waals surface area contributed by atoms with E-state index in [1.165, 1.54) is 44.9 Å². The van der Waals surface area contributed by atoms with Crippen molar-refractivity contribution >= 4 is 0 Å². The molecule has 0 aromatic heterocycles. The van der Waals surface area contributed by atoms with Gasteiger partial charge in [0.25, 0.3) is 0 Å². The Morgan fingerprint density at radius 1 is 1.07 bits per heavy atom. The van der Waals surface area contributed by atoms with Gasteiger partial charge in [-0.05, 0) is 19.3 Å². The molecule has 1 unspecified atom stereocenters. The van der Waals surface area contributed by atoms with Crippen LogP contribution in [0.15, 0.2) is 0 Å².